The molecular weight excluding hydrogens is 867 g/mol. The van der Waals surface area contributed by atoms with Gasteiger partial charge in [-0.1, -0.05) is 146 Å². The van der Waals surface area contributed by atoms with E-state index in [1.165, 1.54) is 125 Å². The number of benzene rings is 11. The summed E-state index contributed by atoms with van der Waals surface area (Å²) in [4.78, 5) is 0. The number of rotatable bonds is 6. The topological polar surface area (TPSA) is 14.8 Å². The molecule has 0 bridgehead atoms. The molecule has 15 rings (SSSR count). The fraction of sp³-hybridized carbons (Fsp3) is 0. The van der Waals surface area contributed by atoms with Gasteiger partial charge in [-0.05, 0) is 131 Å². The van der Waals surface area contributed by atoms with Gasteiger partial charge in [0.05, 0.1) is 33.1 Å². The van der Waals surface area contributed by atoms with Gasteiger partial charge in [0.15, 0.2) is 0 Å². The summed E-state index contributed by atoms with van der Waals surface area (Å²) in [5.74, 6) is 0. The van der Waals surface area contributed by atoms with Crippen LogP contribution >= 0.6 is 11.3 Å². The standard InChI is InChI=1S/C66H41N3S/c1-4-17-46(18-5-1)67-59-28-13-10-23-50(59)55-37-42(31-34-62(55)67)45-40-54(44-33-36-64-57(39-44)52-25-12-15-30-61(52)69(64)48-21-8-3-9-22-48)66-58(41-45)53-27-16-26-49(65(53)70-66)43-32-35-63-56(38-43)51-24-11-14-29-60(51)68(63)47-19-6-2-7-20-47/h1-41H. The first-order chi connectivity index (χ1) is 34.7. The predicted octanol–water partition coefficient (Wildman–Crippen LogP) is 18.3. The molecule has 0 aliphatic rings. The van der Waals surface area contributed by atoms with Crippen molar-refractivity contribution in [1.29, 1.82) is 0 Å². The van der Waals surface area contributed by atoms with E-state index >= 15 is 0 Å². The quantitative estimate of drug-likeness (QED) is 0.158. The largest absolute Gasteiger partial charge is 0.309 e. The molecule has 0 atom stereocenters. The summed E-state index contributed by atoms with van der Waals surface area (Å²) in [5.41, 5.74) is 18.0. The second-order valence-electron chi connectivity index (χ2n) is 18.4. The van der Waals surface area contributed by atoms with Gasteiger partial charge in [0, 0.05) is 75.1 Å². The molecule has 0 aliphatic carbocycles. The van der Waals surface area contributed by atoms with Gasteiger partial charge in [0.25, 0.3) is 0 Å². The first kappa shape index (κ1) is 39.1. The van der Waals surface area contributed by atoms with E-state index in [4.69, 9.17) is 0 Å². The Labute approximate surface area is 407 Å². The monoisotopic (exact) mass is 907 g/mol. The van der Waals surface area contributed by atoms with E-state index < -0.39 is 0 Å². The Balaban J connectivity index is 0.977. The highest BCUT2D eigenvalue weighted by atomic mass is 32.1. The first-order valence-corrected chi connectivity index (χ1v) is 24.8. The summed E-state index contributed by atoms with van der Waals surface area (Å²) in [7, 11) is 0. The molecule has 11 aromatic carbocycles. The van der Waals surface area contributed by atoms with Crippen molar-refractivity contribution in [1.82, 2.24) is 13.7 Å². The van der Waals surface area contributed by atoms with Crippen molar-refractivity contribution in [3.8, 4) is 50.4 Å². The van der Waals surface area contributed by atoms with Crippen LogP contribution in [0.4, 0.5) is 0 Å². The van der Waals surface area contributed by atoms with Crippen molar-refractivity contribution in [2.75, 3.05) is 0 Å². The van der Waals surface area contributed by atoms with Crippen LogP contribution < -0.4 is 0 Å². The molecule has 4 heteroatoms. The molecule has 0 N–H and O–H groups in total. The Kier molecular flexibility index (Phi) is 8.53. The summed E-state index contributed by atoms with van der Waals surface area (Å²) in [6, 6.07) is 91.7. The zero-order chi connectivity index (χ0) is 45.9. The van der Waals surface area contributed by atoms with Crippen LogP contribution in [0.1, 0.15) is 0 Å². The fourth-order valence-corrected chi connectivity index (χ4v) is 12.9. The van der Waals surface area contributed by atoms with Gasteiger partial charge in [0.1, 0.15) is 0 Å². The van der Waals surface area contributed by atoms with Crippen LogP contribution in [0.15, 0.2) is 249 Å². The SMILES string of the molecule is c1ccc(-n2c3ccccc3c3cc(-c4cc(-c5ccc6c(c5)c5ccccc5n6-c5ccccc5)c5sc6c(-c7ccc8c(c7)c7ccccc7n8-c7ccccc7)cccc6c5c4)ccc32)cc1. The molecule has 0 saturated carbocycles. The Morgan fingerprint density at radius 2 is 0.571 bits per heavy atom. The van der Waals surface area contributed by atoms with Gasteiger partial charge >= 0.3 is 0 Å². The maximum atomic E-state index is 2.46. The van der Waals surface area contributed by atoms with Crippen LogP contribution in [-0.2, 0) is 0 Å². The number of thiophene rings is 1. The third-order valence-electron chi connectivity index (χ3n) is 14.6. The molecule has 0 spiro atoms. The van der Waals surface area contributed by atoms with Crippen molar-refractivity contribution >= 4 is 96.9 Å². The molecule has 0 radical (unpaired) electrons. The average Bonchev–Trinajstić information content (AvgIpc) is 4.17. The summed E-state index contributed by atoms with van der Waals surface area (Å²) < 4.78 is 9.79. The lowest BCUT2D eigenvalue weighted by Crippen LogP contribution is -1.93. The summed E-state index contributed by atoms with van der Waals surface area (Å²) in [6.07, 6.45) is 0. The van der Waals surface area contributed by atoms with Gasteiger partial charge in [-0.2, -0.15) is 0 Å². The molecule has 0 fully saturated rings. The number of aromatic nitrogens is 3. The molecule has 70 heavy (non-hydrogen) atoms. The van der Waals surface area contributed by atoms with Crippen LogP contribution in [0.25, 0.3) is 136 Å². The van der Waals surface area contributed by atoms with E-state index in [9.17, 15) is 0 Å². The lowest BCUT2D eigenvalue weighted by molar-refractivity contribution is 1.18. The maximum absolute atomic E-state index is 2.46. The molecule has 0 saturated heterocycles. The summed E-state index contributed by atoms with van der Waals surface area (Å²) >= 11 is 1.92. The third-order valence-corrected chi connectivity index (χ3v) is 15.9. The lowest BCUT2D eigenvalue weighted by atomic mass is 9.94. The third kappa shape index (κ3) is 5.81. The van der Waals surface area contributed by atoms with Crippen molar-refractivity contribution < 1.29 is 0 Å². The van der Waals surface area contributed by atoms with Crippen molar-refractivity contribution in [3.63, 3.8) is 0 Å². The van der Waals surface area contributed by atoms with E-state index in [0.29, 0.717) is 0 Å². The molecule has 0 unspecified atom stereocenters. The van der Waals surface area contributed by atoms with Gasteiger partial charge in [-0.15, -0.1) is 11.3 Å². The molecular formula is C66H41N3S. The lowest BCUT2D eigenvalue weighted by Gasteiger charge is -2.11. The maximum Gasteiger partial charge on any atom is 0.0541 e. The van der Waals surface area contributed by atoms with Crippen LogP contribution in [0.3, 0.4) is 0 Å². The van der Waals surface area contributed by atoms with Crippen LogP contribution in [0.5, 0.6) is 0 Å². The van der Waals surface area contributed by atoms with E-state index in [1.54, 1.807) is 0 Å². The van der Waals surface area contributed by atoms with Crippen molar-refractivity contribution in [2.45, 2.75) is 0 Å². The van der Waals surface area contributed by atoms with Crippen LogP contribution in [0, 0.1) is 0 Å². The number of fused-ring (bicyclic) bond motifs is 12. The number of hydrogen-bond acceptors (Lipinski definition) is 1. The van der Waals surface area contributed by atoms with Crippen LogP contribution in [-0.4, -0.2) is 13.7 Å². The highest BCUT2D eigenvalue weighted by Crippen LogP contribution is 2.48. The first-order valence-electron chi connectivity index (χ1n) is 24.0. The molecule has 326 valence electrons. The minimum Gasteiger partial charge on any atom is -0.309 e. The highest BCUT2D eigenvalue weighted by molar-refractivity contribution is 7.27. The minimum absolute atomic E-state index is 1.16. The Morgan fingerprint density at radius 3 is 1.06 bits per heavy atom. The Morgan fingerprint density at radius 1 is 0.214 bits per heavy atom. The normalized spacial score (nSPS) is 12.0. The summed E-state index contributed by atoms with van der Waals surface area (Å²) in [6.45, 7) is 0. The molecule has 0 aliphatic heterocycles. The number of nitrogens with zero attached hydrogens (tertiary/aromatic N) is 3. The zero-order valence-electron chi connectivity index (χ0n) is 37.9. The second-order valence-corrected chi connectivity index (χ2v) is 19.5. The molecule has 3 nitrogen and oxygen atoms in total. The highest BCUT2D eigenvalue weighted by Gasteiger charge is 2.21. The van der Waals surface area contributed by atoms with Crippen molar-refractivity contribution in [2.24, 2.45) is 0 Å². The Bertz CT molecular complexity index is 4570. The van der Waals surface area contributed by atoms with Crippen molar-refractivity contribution in [3.05, 3.63) is 249 Å². The smallest absolute Gasteiger partial charge is 0.0541 e. The average molecular weight is 908 g/mol. The second kappa shape index (κ2) is 15.3. The van der Waals surface area contributed by atoms with E-state index in [0.717, 1.165) is 11.4 Å². The number of para-hydroxylation sites is 6. The fourth-order valence-electron chi connectivity index (χ4n) is 11.5. The minimum atomic E-state index is 1.16. The van der Waals surface area contributed by atoms with Crippen LogP contribution in [0.2, 0.25) is 0 Å². The van der Waals surface area contributed by atoms with Gasteiger partial charge < -0.3 is 13.7 Å². The van der Waals surface area contributed by atoms with E-state index in [-0.39, 0.29) is 0 Å². The predicted molar refractivity (Wildman–Crippen MR) is 299 cm³/mol. The molecule has 4 heterocycles. The number of hydrogen-bond donors (Lipinski definition) is 0. The van der Waals surface area contributed by atoms with E-state index in [1.807, 2.05) is 11.3 Å². The van der Waals surface area contributed by atoms with Gasteiger partial charge in [-0.3, -0.25) is 0 Å². The molecule has 4 aromatic heterocycles. The molecule has 15 aromatic rings. The van der Waals surface area contributed by atoms with Gasteiger partial charge in [-0.25, -0.2) is 0 Å². The van der Waals surface area contributed by atoms with Gasteiger partial charge in [0.2, 0.25) is 0 Å². The summed E-state index contributed by atoms with van der Waals surface area (Å²) in [5, 5.41) is 10.0. The Hall–Kier alpha value is -8.96. The van der Waals surface area contributed by atoms with E-state index in [2.05, 4.69) is 262 Å². The zero-order valence-corrected chi connectivity index (χ0v) is 38.7. The molecule has 0 amide bonds.